The van der Waals surface area contributed by atoms with Crippen LogP contribution in [0.1, 0.15) is 32.3 Å². The van der Waals surface area contributed by atoms with E-state index in [1.807, 2.05) is 31.2 Å². The zero-order valence-electron chi connectivity index (χ0n) is 11.3. The van der Waals surface area contributed by atoms with Crippen LogP contribution in [0, 0.1) is 0 Å². The van der Waals surface area contributed by atoms with Gasteiger partial charge in [-0.3, -0.25) is 0 Å². The first-order valence-electron chi connectivity index (χ1n) is 6.45. The van der Waals surface area contributed by atoms with Gasteiger partial charge in [-0.1, -0.05) is 6.08 Å². The molecule has 3 heteroatoms. The van der Waals surface area contributed by atoms with Crippen molar-refractivity contribution in [3.8, 4) is 5.75 Å². The van der Waals surface area contributed by atoms with Crippen LogP contribution >= 0.6 is 0 Å². The van der Waals surface area contributed by atoms with Crippen molar-refractivity contribution in [1.82, 2.24) is 0 Å². The normalized spacial score (nSPS) is 11.9. The van der Waals surface area contributed by atoms with Crippen LogP contribution in [0.4, 0.5) is 5.69 Å². The number of benzene rings is 1. The van der Waals surface area contributed by atoms with Gasteiger partial charge >= 0.3 is 0 Å². The molecular weight excluding hydrogens is 226 g/mol. The van der Waals surface area contributed by atoms with Crippen LogP contribution in [-0.4, -0.2) is 17.8 Å². The van der Waals surface area contributed by atoms with Crippen molar-refractivity contribution < 1.29 is 9.84 Å². The molecule has 2 N–H and O–H groups in total. The van der Waals surface area contributed by atoms with E-state index in [1.165, 1.54) is 0 Å². The molecule has 0 saturated carbocycles. The lowest BCUT2D eigenvalue weighted by atomic mass is 10.1. The third-order valence-electron chi connectivity index (χ3n) is 2.75. The Morgan fingerprint density at radius 1 is 1.50 bits per heavy atom. The van der Waals surface area contributed by atoms with Crippen LogP contribution in [0.25, 0.3) is 0 Å². The Labute approximate surface area is 109 Å². The summed E-state index contributed by atoms with van der Waals surface area (Å²) in [7, 11) is 0. The van der Waals surface area contributed by atoms with Crippen LogP contribution in [0.15, 0.2) is 30.9 Å². The van der Waals surface area contributed by atoms with Crippen LogP contribution < -0.4 is 10.1 Å². The Balaban J connectivity index is 2.69. The van der Waals surface area contributed by atoms with Crippen LogP contribution in [0.2, 0.25) is 0 Å². The molecule has 0 aliphatic heterocycles. The summed E-state index contributed by atoms with van der Waals surface area (Å²) >= 11 is 0. The van der Waals surface area contributed by atoms with Crippen molar-refractivity contribution >= 4 is 5.69 Å². The topological polar surface area (TPSA) is 41.5 Å². The molecule has 1 unspecified atom stereocenters. The van der Waals surface area contributed by atoms with Gasteiger partial charge in [0.2, 0.25) is 0 Å². The van der Waals surface area contributed by atoms with Gasteiger partial charge in [-0.2, -0.15) is 0 Å². The molecule has 100 valence electrons. The molecule has 0 fully saturated rings. The zero-order valence-corrected chi connectivity index (χ0v) is 11.3. The number of ether oxygens (including phenoxy) is 1. The SMILES string of the molecule is C=CCCC(C)Nc1ccc(OCC)c(CO)c1. The molecule has 0 aromatic heterocycles. The Bertz CT molecular complexity index is 377. The van der Waals surface area contributed by atoms with Gasteiger partial charge in [0.1, 0.15) is 5.75 Å². The second kappa shape index (κ2) is 7.77. The highest BCUT2D eigenvalue weighted by molar-refractivity contribution is 5.51. The van der Waals surface area contributed by atoms with Crippen LogP contribution in [0.3, 0.4) is 0 Å². The van der Waals surface area contributed by atoms with Crippen molar-refractivity contribution in [2.75, 3.05) is 11.9 Å². The molecule has 0 amide bonds. The summed E-state index contributed by atoms with van der Waals surface area (Å²) in [6.07, 6.45) is 3.97. The molecule has 0 radical (unpaired) electrons. The summed E-state index contributed by atoms with van der Waals surface area (Å²) < 4.78 is 5.45. The minimum atomic E-state index is -0.00804. The highest BCUT2D eigenvalue weighted by Crippen LogP contribution is 2.23. The van der Waals surface area contributed by atoms with Gasteiger partial charge in [0.15, 0.2) is 0 Å². The van der Waals surface area contributed by atoms with Gasteiger partial charge in [-0.25, -0.2) is 0 Å². The molecule has 3 nitrogen and oxygen atoms in total. The molecule has 0 bridgehead atoms. The first-order valence-corrected chi connectivity index (χ1v) is 6.45. The summed E-state index contributed by atoms with van der Waals surface area (Å²) in [6, 6.07) is 6.20. The lowest BCUT2D eigenvalue weighted by molar-refractivity contribution is 0.267. The predicted molar refractivity (Wildman–Crippen MR) is 76.0 cm³/mol. The van der Waals surface area contributed by atoms with Gasteiger partial charge in [0.25, 0.3) is 0 Å². The van der Waals surface area contributed by atoms with Crippen LogP contribution in [-0.2, 0) is 6.61 Å². The summed E-state index contributed by atoms with van der Waals surface area (Å²) in [4.78, 5) is 0. The number of anilines is 1. The van der Waals surface area contributed by atoms with E-state index >= 15 is 0 Å². The maximum atomic E-state index is 9.32. The monoisotopic (exact) mass is 249 g/mol. The fourth-order valence-corrected chi connectivity index (χ4v) is 1.81. The maximum absolute atomic E-state index is 9.32. The fourth-order valence-electron chi connectivity index (χ4n) is 1.81. The molecule has 0 aliphatic carbocycles. The van der Waals surface area contributed by atoms with Crippen molar-refractivity contribution in [3.05, 3.63) is 36.4 Å². The Morgan fingerprint density at radius 3 is 2.89 bits per heavy atom. The van der Waals surface area contributed by atoms with E-state index in [9.17, 15) is 5.11 Å². The van der Waals surface area contributed by atoms with E-state index in [0.29, 0.717) is 12.6 Å². The van der Waals surface area contributed by atoms with Gasteiger partial charge in [-0.05, 0) is 44.9 Å². The first-order chi connectivity index (χ1) is 8.71. The lowest BCUT2D eigenvalue weighted by Crippen LogP contribution is -2.14. The number of aliphatic hydroxyl groups excluding tert-OH is 1. The van der Waals surface area contributed by atoms with Gasteiger partial charge in [-0.15, -0.1) is 6.58 Å². The minimum Gasteiger partial charge on any atom is -0.494 e. The van der Waals surface area contributed by atoms with Crippen molar-refractivity contribution in [1.29, 1.82) is 0 Å². The van der Waals surface area contributed by atoms with Crippen LogP contribution in [0.5, 0.6) is 5.75 Å². The second-order valence-electron chi connectivity index (χ2n) is 4.33. The fraction of sp³-hybridized carbons (Fsp3) is 0.467. The smallest absolute Gasteiger partial charge is 0.124 e. The largest absolute Gasteiger partial charge is 0.494 e. The molecule has 1 rings (SSSR count). The standard InChI is InChI=1S/C15H23NO2/c1-4-6-7-12(3)16-14-8-9-15(18-5-2)13(10-14)11-17/h4,8-10,12,16-17H,1,5-7,11H2,2-3H3. The highest BCUT2D eigenvalue weighted by atomic mass is 16.5. The Morgan fingerprint density at radius 2 is 2.28 bits per heavy atom. The predicted octanol–water partition coefficient (Wildman–Crippen LogP) is 3.34. The highest BCUT2D eigenvalue weighted by Gasteiger charge is 2.06. The molecule has 1 atom stereocenters. The lowest BCUT2D eigenvalue weighted by Gasteiger charge is -2.16. The third-order valence-corrected chi connectivity index (χ3v) is 2.75. The van der Waals surface area contributed by atoms with Gasteiger partial charge < -0.3 is 15.2 Å². The average Bonchev–Trinajstić information content (AvgIpc) is 2.38. The van der Waals surface area contributed by atoms with Gasteiger partial charge in [0, 0.05) is 17.3 Å². The molecule has 0 spiro atoms. The summed E-state index contributed by atoms with van der Waals surface area (Å²) in [6.45, 7) is 8.39. The van der Waals surface area contributed by atoms with Crippen molar-refractivity contribution in [2.45, 2.75) is 39.3 Å². The zero-order chi connectivity index (χ0) is 13.4. The summed E-state index contributed by atoms with van der Waals surface area (Å²) in [5.74, 6) is 0.754. The van der Waals surface area contributed by atoms with E-state index in [0.717, 1.165) is 29.8 Å². The maximum Gasteiger partial charge on any atom is 0.124 e. The second-order valence-corrected chi connectivity index (χ2v) is 4.33. The number of aliphatic hydroxyl groups is 1. The summed E-state index contributed by atoms with van der Waals surface area (Å²) in [5.41, 5.74) is 1.83. The third kappa shape index (κ3) is 4.41. The molecule has 0 heterocycles. The molecule has 0 aliphatic rings. The number of nitrogens with one attached hydrogen (secondary N) is 1. The first kappa shape index (κ1) is 14.6. The van der Waals surface area contributed by atoms with E-state index in [2.05, 4.69) is 18.8 Å². The number of allylic oxidation sites excluding steroid dienone is 1. The summed E-state index contributed by atoms with van der Waals surface area (Å²) in [5, 5.41) is 12.7. The quantitative estimate of drug-likeness (QED) is 0.694. The minimum absolute atomic E-state index is 0.00804. The number of hydrogen-bond donors (Lipinski definition) is 2. The molecule has 0 saturated heterocycles. The number of rotatable bonds is 8. The van der Waals surface area contributed by atoms with E-state index < -0.39 is 0 Å². The van der Waals surface area contributed by atoms with E-state index in [1.54, 1.807) is 0 Å². The molecule has 1 aromatic carbocycles. The molecule has 1 aromatic rings. The molecular formula is C15H23NO2. The van der Waals surface area contributed by atoms with Crippen molar-refractivity contribution in [2.24, 2.45) is 0 Å². The Hall–Kier alpha value is -1.48. The van der Waals surface area contributed by atoms with E-state index in [-0.39, 0.29) is 6.61 Å². The van der Waals surface area contributed by atoms with Crippen molar-refractivity contribution in [3.63, 3.8) is 0 Å². The van der Waals surface area contributed by atoms with Gasteiger partial charge in [0.05, 0.1) is 13.2 Å². The average molecular weight is 249 g/mol. The number of hydrogen-bond acceptors (Lipinski definition) is 3. The van der Waals surface area contributed by atoms with E-state index in [4.69, 9.17) is 4.74 Å². The Kier molecular flexibility index (Phi) is 6.29. The molecule has 18 heavy (non-hydrogen) atoms.